The van der Waals surface area contributed by atoms with Crippen LogP contribution in [0.4, 0.5) is 5.95 Å². The van der Waals surface area contributed by atoms with Crippen LogP contribution >= 0.6 is 23.4 Å². The van der Waals surface area contributed by atoms with Crippen molar-refractivity contribution in [2.45, 2.75) is 17.1 Å². The van der Waals surface area contributed by atoms with Gasteiger partial charge in [0.1, 0.15) is 0 Å². The Hall–Kier alpha value is -1.98. The average molecular weight is 332 g/mol. The van der Waals surface area contributed by atoms with Crippen molar-refractivity contribution < 1.29 is 4.79 Å². The predicted octanol–water partition coefficient (Wildman–Crippen LogP) is 4.34. The molecule has 2 aromatic carbocycles. The first kappa shape index (κ1) is 14.9. The number of fused-ring (bicyclic) bond motifs is 1. The molecule has 2 N–H and O–H groups in total. The summed E-state index contributed by atoms with van der Waals surface area (Å²) in [6.07, 6.45) is 0. The molecule has 0 aliphatic carbocycles. The van der Waals surface area contributed by atoms with E-state index in [-0.39, 0.29) is 11.2 Å². The van der Waals surface area contributed by atoms with Gasteiger partial charge in [-0.25, -0.2) is 4.98 Å². The van der Waals surface area contributed by atoms with Gasteiger partial charge in [-0.3, -0.25) is 10.1 Å². The number of H-pyrrole nitrogens is 1. The number of nitrogens with zero attached hydrogens (tertiary/aromatic N) is 1. The lowest BCUT2D eigenvalue weighted by Gasteiger charge is -2.11. The zero-order valence-corrected chi connectivity index (χ0v) is 13.4. The maximum atomic E-state index is 12.3. The maximum Gasteiger partial charge on any atom is 0.239 e. The van der Waals surface area contributed by atoms with E-state index in [4.69, 9.17) is 11.6 Å². The summed E-state index contributed by atoms with van der Waals surface area (Å²) in [5.74, 6) is 0.335. The molecule has 0 aliphatic heterocycles. The summed E-state index contributed by atoms with van der Waals surface area (Å²) in [5, 5.41) is 3.17. The molecule has 1 atom stereocenters. The fraction of sp³-hybridized carbons (Fsp3) is 0.125. The lowest BCUT2D eigenvalue weighted by Crippen LogP contribution is -2.23. The van der Waals surface area contributed by atoms with Gasteiger partial charge < -0.3 is 4.98 Å². The number of carbonyl (C=O) groups excluding carboxylic acids is 1. The van der Waals surface area contributed by atoms with Gasteiger partial charge in [0, 0.05) is 4.90 Å². The van der Waals surface area contributed by atoms with Crippen molar-refractivity contribution in [1.82, 2.24) is 9.97 Å². The normalized spacial score (nSPS) is 12.3. The topological polar surface area (TPSA) is 57.8 Å². The number of imidazole rings is 1. The summed E-state index contributed by atoms with van der Waals surface area (Å²) >= 11 is 7.53. The first-order valence-corrected chi connectivity index (χ1v) is 8.06. The quantitative estimate of drug-likeness (QED) is 0.699. The van der Waals surface area contributed by atoms with Crippen molar-refractivity contribution in [3.05, 3.63) is 53.6 Å². The monoisotopic (exact) mass is 331 g/mol. The van der Waals surface area contributed by atoms with E-state index in [1.807, 2.05) is 55.5 Å². The van der Waals surface area contributed by atoms with E-state index in [2.05, 4.69) is 15.3 Å². The Morgan fingerprint density at radius 1 is 1.23 bits per heavy atom. The van der Waals surface area contributed by atoms with Crippen LogP contribution in [0.1, 0.15) is 6.92 Å². The molecule has 0 spiro atoms. The number of para-hydroxylation sites is 2. The number of aromatic amines is 1. The average Bonchev–Trinajstić information content (AvgIpc) is 2.91. The number of carbonyl (C=O) groups is 1. The summed E-state index contributed by atoms with van der Waals surface area (Å²) in [5.41, 5.74) is 1.72. The summed E-state index contributed by atoms with van der Waals surface area (Å²) in [6.45, 7) is 1.84. The second kappa shape index (κ2) is 6.42. The van der Waals surface area contributed by atoms with E-state index in [9.17, 15) is 4.79 Å². The fourth-order valence-corrected chi connectivity index (χ4v) is 3.17. The Bertz CT molecular complexity index is 785. The van der Waals surface area contributed by atoms with Gasteiger partial charge >= 0.3 is 0 Å². The lowest BCUT2D eigenvalue weighted by atomic mass is 10.3. The van der Waals surface area contributed by atoms with E-state index in [1.54, 1.807) is 0 Å². The molecule has 1 heterocycles. The number of rotatable bonds is 4. The molecular weight excluding hydrogens is 318 g/mol. The van der Waals surface area contributed by atoms with Gasteiger partial charge in [0.2, 0.25) is 11.9 Å². The molecule has 6 heteroatoms. The number of aromatic nitrogens is 2. The minimum Gasteiger partial charge on any atom is -0.324 e. The van der Waals surface area contributed by atoms with Crippen molar-refractivity contribution in [2.24, 2.45) is 0 Å². The summed E-state index contributed by atoms with van der Waals surface area (Å²) in [7, 11) is 0. The van der Waals surface area contributed by atoms with Gasteiger partial charge in [-0.2, -0.15) is 0 Å². The van der Waals surface area contributed by atoms with Crippen molar-refractivity contribution in [3.63, 3.8) is 0 Å². The molecule has 0 bridgehead atoms. The number of amides is 1. The van der Waals surface area contributed by atoms with Crippen LogP contribution in [-0.2, 0) is 4.79 Å². The molecule has 0 aliphatic rings. The second-order valence-electron chi connectivity index (χ2n) is 4.78. The van der Waals surface area contributed by atoms with E-state index >= 15 is 0 Å². The summed E-state index contributed by atoms with van der Waals surface area (Å²) in [6, 6.07) is 15.1. The first-order valence-electron chi connectivity index (χ1n) is 6.80. The van der Waals surface area contributed by atoms with Gasteiger partial charge in [0.15, 0.2) is 0 Å². The molecule has 112 valence electrons. The third-order valence-corrected chi connectivity index (χ3v) is 4.76. The van der Waals surface area contributed by atoms with Crippen molar-refractivity contribution in [2.75, 3.05) is 5.32 Å². The molecule has 22 heavy (non-hydrogen) atoms. The van der Waals surface area contributed by atoms with Crippen molar-refractivity contribution in [3.8, 4) is 0 Å². The zero-order chi connectivity index (χ0) is 15.5. The Morgan fingerprint density at radius 3 is 2.73 bits per heavy atom. The van der Waals surface area contributed by atoms with Crippen molar-refractivity contribution in [1.29, 1.82) is 0 Å². The molecule has 1 amide bonds. The van der Waals surface area contributed by atoms with E-state index in [0.29, 0.717) is 11.0 Å². The van der Waals surface area contributed by atoms with E-state index < -0.39 is 0 Å². The van der Waals surface area contributed by atoms with E-state index in [0.717, 1.165) is 15.9 Å². The van der Waals surface area contributed by atoms with E-state index in [1.165, 1.54) is 11.8 Å². The molecule has 0 saturated heterocycles. The highest BCUT2D eigenvalue weighted by atomic mass is 35.5. The number of thioether (sulfide) groups is 1. The Balaban J connectivity index is 1.69. The number of benzene rings is 2. The molecule has 3 rings (SSSR count). The third-order valence-electron chi connectivity index (χ3n) is 3.14. The zero-order valence-electron chi connectivity index (χ0n) is 11.8. The van der Waals surface area contributed by atoms with Crippen LogP contribution < -0.4 is 5.32 Å². The van der Waals surface area contributed by atoms with Gasteiger partial charge in [0.25, 0.3) is 0 Å². The highest BCUT2D eigenvalue weighted by Crippen LogP contribution is 2.30. The minimum atomic E-state index is -0.284. The molecule has 1 unspecified atom stereocenters. The third kappa shape index (κ3) is 3.26. The van der Waals surface area contributed by atoms with Crippen LogP contribution in [-0.4, -0.2) is 21.1 Å². The van der Waals surface area contributed by atoms with Gasteiger partial charge in [-0.15, -0.1) is 11.8 Å². The smallest absolute Gasteiger partial charge is 0.239 e. The molecule has 0 radical (unpaired) electrons. The first-order chi connectivity index (χ1) is 10.6. The van der Waals surface area contributed by atoms with Crippen LogP contribution in [0.25, 0.3) is 11.0 Å². The highest BCUT2D eigenvalue weighted by molar-refractivity contribution is 8.00. The Morgan fingerprint density at radius 2 is 1.95 bits per heavy atom. The van der Waals surface area contributed by atoms with Crippen LogP contribution in [0, 0.1) is 0 Å². The Kier molecular flexibility index (Phi) is 4.36. The van der Waals surface area contributed by atoms with Gasteiger partial charge in [-0.1, -0.05) is 35.9 Å². The number of anilines is 1. The van der Waals surface area contributed by atoms with Crippen molar-refractivity contribution >= 4 is 46.3 Å². The van der Waals surface area contributed by atoms with Gasteiger partial charge in [-0.05, 0) is 31.2 Å². The van der Waals surface area contributed by atoms with Crippen LogP contribution in [0.15, 0.2) is 53.4 Å². The number of halogens is 1. The SMILES string of the molecule is CC(Sc1ccccc1Cl)C(=O)Nc1nc2ccccc2[nH]1. The van der Waals surface area contributed by atoms with Crippen LogP contribution in [0.5, 0.6) is 0 Å². The minimum absolute atomic E-state index is 0.121. The summed E-state index contributed by atoms with van der Waals surface area (Å²) in [4.78, 5) is 20.6. The lowest BCUT2D eigenvalue weighted by molar-refractivity contribution is -0.115. The number of hydrogen-bond acceptors (Lipinski definition) is 3. The highest BCUT2D eigenvalue weighted by Gasteiger charge is 2.17. The van der Waals surface area contributed by atoms with Crippen LogP contribution in [0.3, 0.4) is 0 Å². The standard InChI is InChI=1S/C16H14ClN3OS/c1-10(22-14-9-5-2-6-11(14)17)15(21)20-16-18-12-7-3-4-8-13(12)19-16/h2-10H,1H3,(H2,18,19,20,21). The number of hydrogen-bond donors (Lipinski definition) is 2. The Labute approximate surface area is 137 Å². The molecule has 0 fully saturated rings. The molecule has 1 aromatic heterocycles. The number of nitrogens with one attached hydrogen (secondary N) is 2. The maximum absolute atomic E-state index is 12.3. The molecule has 3 aromatic rings. The second-order valence-corrected chi connectivity index (χ2v) is 6.57. The molecule has 4 nitrogen and oxygen atoms in total. The summed E-state index contributed by atoms with van der Waals surface area (Å²) < 4.78 is 0. The molecule has 0 saturated carbocycles. The predicted molar refractivity (Wildman–Crippen MR) is 91.5 cm³/mol. The van der Waals surface area contributed by atoms with Gasteiger partial charge in [0.05, 0.1) is 21.3 Å². The largest absolute Gasteiger partial charge is 0.324 e. The fourth-order valence-electron chi connectivity index (χ4n) is 2.01. The molecular formula is C16H14ClN3OS. The van der Waals surface area contributed by atoms with Crippen LogP contribution in [0.2, 0.25) is 5.02 Å².